The van der Waals surface area contributed by atoms with Crippen molar-refractivity contribution >= 4 is 27.5 Å². The third kappa shape index (κ3) is 2.83. The molecule has 2 atom stereocenters. The highest BCUT2D eigenvalue weighted by Gasteiger charge is 2.33. The molecule has 2 rings (SSSR count). The summed E-state index contributed by atoms with van der Waals surface area (Å²) in [6.45, 7) is 3.04. The summed E-state index contributed by atoms with van der Waals surface area (Å²) >= 11 is 3.16. The summed E-state index contributed by atoms with van der Waals surface area (Å²) in [5.74, 6) is 0.869. The van der Waals surface area contributed by atoms with Crippen LogP contribution in [0.1, 0.15) is 18.9 Å². The number of hydrogen-bond donors (Lipinski definition) is 2. The van der Waals surface area contributed by atoms with Crippen molar-refractivity contribution in [3.8, 4) is 0 Å². The van der Waals surface area contributed by atoms with E-state index in [9.17, 15) is 4.39 Å². The van der Waals surface area contributed by atoms with Crippen molar-refractivity contribution in [1.29, 1.82) is 0 Å². The van der Waals surface area contributed by atoms with Crippen molar-refractivity contribution < 1.29 is 9.60 Å². The molecule has 0 spiro atoms. The molecule has 104 valence electrons. The topological polar surface area (TPSA) is 61.8 Å². The van der Waals surface area contributed by atoms with Crippen LogP contribution < -0.4 is 10.6 Å². The van der Waals surface area contributed by atoms with Crippen LogP contribution in [0.4, 0.5) is 10.1 Å². The molecule has 0 amide bonds. The Kier molecular flexibility index (Phi) is 3.99. The molecule has 1 aromatic rings. The van der Waals surface area contributed by atoms with E-state index in [1.807, 2.05) is 11.9 Å². The molecule has 1 aromatic carbocycles. The van der Waals surface area contributed by atoms with E-state index in [4.69, 9.17) is 10.9 Å². The summed E-state index contributed by atoms with van der Waals surface area (Å²) in [7, 11) is 1.87. The predicted octanol–water partition coefficient (Wildman–Crippen LogP) is 2.77. The number of hydrogen-bond acceptors (Lipinski definition) is 3. The third-order valence-electron chi connectivity index (χ3n) is 3.64. The first-order chi connectivity index (χ1) is 8.95. The molecule has 6 heteroatoms. The highest BCUT2D eigenvalue weighted by Crippen LogP contribution is 2.39. The number of halogens is 2. The molecule has 0 bridgehead atoms. The molecule has 1 fully saturated rings. The van der Waals surface area contributed by atoms with Gasteiger partial charge in [0.05, 0.1) is 10.2 Å². The minimum atomic E-state index is -0.389. The van der Waals surface area contributed by atoms with Gasteiger partial charge in [-0.15, -0.1) is 0 Å². The number of rotatable bonds is 4. The van der Waals surface area contributed by atoms with Crippen LogP contribution in [0.25, 0.3) is 0 Å². The van der Waals surface area contributed by atoms with Crippen LogP contribution in [0, 0.1) is 17.7 Å². The van der Waals surface area contributed by atoms with E-state index >= 15 is 0 Å². The second-order valence-electron chi connectivity index (χ2n) is 5.10. The van der Waals surface area contributed by atoms with E-state index in [-0.39, 0.29) is 16.1 Å². The molecule has 0 aromatic heterocycles. The zero-order chi connectivity index (χ0) is 14.2. The Balaban J connectivity index is 2.25. The molecule has 2 unspecified atom stereocenters. The zero-order valence-corrected chi connectivity index (χ0v) is 12.5. The van der Waals surface area contributed by atoms with Gasteiger partial charge in [0.1, 0.15) is 0 Å². The van der Waals surface area contributed by atoms with Gasteiger partial charge in [0.25, 0.3) is 0 Å². The second kappa shape index (κ2) is 5.36. The van der Waals surface area contributed by atoms with E-state index in [1.54, 1.807) is 12.1 Å². The van der Waals surface area contributed by atoms with Crippen LogP contribution in [0.15, 0.2) is 21.8 Å². The fraction of sp³-hybridized carbons (Fsp3) is 0.462. The molecular formula is C13H17BrFN3O. The van der Waals surface area contributed by atoms with Crippen molar-refractivity contribution in [2.75, 3.05) is 18.5 Å². The first-order valence-corrected chi connectivity index (χ1v) is 6.92. The van der Waals surface area contributed by atoms with Crippen molar-refractivity contribution in [1.82, 2.24) is 0 Å². The van der Waals surface area contributed by atoms with Crippen molar-refractivity contribution in [2.45, 2.75) is 13.3 Å². The molecule has 1 saturated carbocycles. The van der Waals surface area contributed by atoms with Crippen molar-refractivity contribution in [3.05, 3.63) is 28.0 Å². The van der Waals surface area contributed by atoms with Crippen LogP contribution in [0.2, 0.25) is 0 Å². The largest absolute Gasteiger partial charge is 0.409 e. The van der Waals surface area contributed by atoms with E-state index in [2.05, 4.69) is 28.0 Å². The normalized spacial score (nSPS) is 22.4. The lowest BCUT2D eigenvalue weighted by atomic mass is 10.1. The summed E-state index contributed by atoms with van der Waals surface area (Å²) in [5, 5.41) is 11.5. The molecular weight excluding hydrogens is 313 g/mol. The van der Waals surface area contributed by atoms with Gasteiger partial charge >= 0.3 is 0 Å². The van der Waals surface area contributed by atoms with E-state index in [1.165, 1.54) is 6.42 Å². The van der Waals surface area contributed by atoms with Gasteiger partial charge in [-0.3, -0.25) is 0 Å². The lowest BCUT2D eigenvalue weighted by Crippen LogP contribution is -2.22. The quantitative estimate of drug-likeness (QED) is 0.386. The maximum Gasteiger partial charge on any atom is 0.171 e. The number of oxime groups is 1. The van der Waals surface area contributed by atoms with Gasteiger partial charge in [-0.05, 0) is 46.3 Å². The highest BCUT2D eigenvalue weighted by molar-refractivity contribution is 9.10. The Morgan fingerprint density at radius 3 is 2.79 bits per heavy atom. The molecule has 0 saturated heterocycles. The van der Waals surface area contributed by atoms with Crippen LogP contribution in [-0.2, 0) is 0 Å². The molecule has 0 radical (unpaired) electrons. The minimum Gasteiger partial charge on any atom is -0.409 e. The number of amidine groups is 1. The number of benzene rings is 1. The summed E-state index contributed by atoms with van der Waals surface area (Å²) < 4.78 is 14.5. The van der Waals surface area contributed by atoms with Gasteiger partial charge in [-0.2, -0.15) is 0 Å². The Morgan fingerprint density at radius 2 is 2.26 bits per heavy atom. The summed E-state index contributed by atoms with van der Waals surface area (Å²) in [6, 6.07) is 3.30. The highest BCUT2D eigenvalue weighted by atomic mass is 79.9. The molecule has 0 aliphatic heterocycles. The minimum absolute atomic E-state index is 0.115. The first kappa shape index (κ1) is 14.1. The maximum absolute atomic E-state index is 14.3. The second-order valence-corrected chi connectivity index (χ2v) is 5.89. The van der Waals surface area contributed by atoms with Crippen LogP contribution in [0.5, 0.6) is 0 Å². The zero-order valence-electron chi connectivity index (χ0n) is 10.9. The lowest BCUT2D eigenvalue weighted by molar-refractivity contribution is 0.318. The third-order valence-corrected chi connectivity index (χ3v) is 4.42. The number of anilines is 1. The monoisotopic (exact) mass is 329 g/mol. The van der Waals surface area contributed by atoms with Gasteiger partial charge in [-0.25, -0.2) is 4.39 Å². The van der Waals surface area contributed by atoms with Gasteiger partial charge in [0.2, 0.25) is 0 Å². The van der Waals surface area contributed by atoms with Crippen LogP contribution in [0.3, 0.4) is 0 Å². The smallest absolute Gasteiger partial charge is 0.171 e. The van der Waals surface area contributed by atoms with E-state index in [0.717, 1.165) is 12.5 Å². The van der Waals surface area contributed by atoms with Gasteiger partial charge in [0, 0.05) is 19.2 Å². The van der Waals surface area contributed by atoms with Crippen LogP contribution >= 0.6 is 15.9 Å². The molecule has 0 heterocycles. The SMILES string of the molecule is CC1CC1CN(C)c1ccc(/C(N)=N/O)c(Br)c1F. The van der Waals surface area contributed by atoms with E-state index in [0.29, 0.717) is 17.2 Å². The Hall–Kier alpha value is -1.30. The number of nitrogens with zero attached hydrogens (tertiary/aromatic N) is 2. The maximum atomic E-state index is 14.3. The summed E-state index contributed by atoms with van der Waals surface area (Å²) in [4.78, 5) is 1.91. The fourth-order valence-electron chi connectivity index (χ4n) is 2.19. The average molecular weight is 330 g/mol. The lowest BCUT2D eigenvalue weighted by Gasteiger charge is -2.21. The summed E-state index contributed by atoms with van der Waals surface area (Å²) in [5.41, 5.74) is 6.35. The van der Waals surface area contributed by atoms with Gasteiger partial charge in [0.15, 0.2) is 11.7 Å². The summed E-state index contributed by atoms with van der Waals surface area (Å²) in [6.07, 6.45) is 1.20. The fourth-order valence-corrected chi connectivity index (χ4v) is 2.73. The van der Waals surface area contributed by atoms with Crippen molar-refractivity contribution in [3.63, 3.8) is 0 Å². The molecule has 1 aliphatic carbocycles. The Labute approximate surface area is 120 Å². The first-order valence-electron chi connectivity index (χ1n) is 6.12. The predicted molar refractivity (Wildman–Crippen MR) is 77.2 cm³/mol. The van der Waals surface area contributed by atoms with Gasteiger partial charge in [-0.1, -0.05) is 12.1 Å². The molecule has 4 nitrogen and oxygen atoms in total. The average Bonchev–Trinajstić information content (AvgIpc) is 3.07. The molecule has 19 heavy (non-hydrogen) atoms. The van der Waals surface area contributed by atoms with E-state index < -0.39 is 0 Å². The van der Waals surface area contributed by atoms with Crippen molar-refractivity contribution in [2.24, 2.45) is 22.7 Å². The standard InChI is InChI=1S/C13H17BrFN3O/c1-7-5-8(7)6-18(2)10-4-3-9(13(16)17-19)11(14)12(10)15/h3-4,7-8,19H,5-6H2,1-2H3,(H2,16,17). The molecule has 3 N–H and O–H groups in total. The molecule has 1 aliphatic rings. The van der Waals surface area contributed by atoms with Crippen LogP contribution in [-0.4, -0.2) is 24.6 Å². The number of nitrogens with two attached hydrogens (primary N) is 1. The van der Waals surface area contributed by atoms with Gasteiger partial charge < -0.3 is 15.8 Å². The Morgan fingerprint density at radius 1 is 1.63 bits per heavy atom. The Bertz CT molecular complexity index is 521.